The van der Waals surface area contributed by atoms with Gasteiger partial charge in [0.15, 0.2) is 0 Å². The summed E-state index contributed by atoms with van der Waals surface area (Å²) in [5, 5.41) is 6.31. The van der Waals surface area contributed by atoms with Gasteiger partial charge in [-0.3, -0.25) is 4.79 Å². The van der Waals surface area contributed by atoms with Crippen LogP contribution in [0.25, 0.3) is 17.5 Å². The first-order valence-electron chi connectivity index (χ1n) is 10.4. The van der Waals surface area contributed by atoms with Crippen molar-refractivity contribution in [1.82, 2.24) is 15.5 Å². The summed E-state index contributed by atoms with van der Waals surface area (Å²) >= 11 is 0. The molecule has 1 atom stereocenters. The van der Waals surface area contributed by atoms with Crippen molar-refractivity contribution in [2.45, 2.75) is 32.5 Å². The summed E-state index contributed by atoms with van der Waals surface area (Å²) in [4.78, 5) is 15.7. The molecule has 1 N–H and O–H groups in total. The van der Waals surface area contributed by atoms with Crippen molar-refractivity contribution in [3.63, 3.8) is 0 Å². The van der Waals surface area contributed by atoms with Crippen LogP contribution in [-0.2, 0) is 11.0 Å². The molecule has 0 spiro atoms. The minimum atomic E-state index is -4.69. The summed E-state index contributed by atoms with van der Waals surface area (Å²) < 4.78 is 47.9. The van der Waals surface area contributed by atoms with Crippen molar-refractivity contribution in [1.29, 1.82) is 0 Å². The standard InChI is InChI=1S/C24H24F3N3O3/c1-16(2)14-19(28-21(31)13-8-17-6-4-3-5-7-17)15-32-20-11-9-18(10-12-20)22-29-23(33-30-22)24(25,26)27/h3-13,16,19H,14-15H2,1-2H3,(H,28,31)/t19-/m1/s1. The minimum absolute atomic E-state index is 0.163. The van der Waals surface area contributed by atoms with Crippen molar-refractivity contribution >= 4 is 12.0 Å². The van der Waals surface area contributed by atoms with Gasteiger partial charge in [0.1, 0.15) is 12.4 Å². The Morgan fingerprint density at radius 2 is 1.82 bits per heavy atom. The molecule has 1 aromatic heterocycles. The molecule has 174 valence electrons. The van der Waals surface area contributed by atoms with Gasteiger partial charge in [-0.15, -0.1) is 0 Å². The van der Waals surface area contributed by atoms with Gasteiger partial charge in [-0.25, -0.2) is 0 Å². The molecule has 2 aromatic carbocycles. The lowest BCUT2D eigenvalue weighted by Crippen LogP contribution is -2.39. The Morgan fingerprint density at radius 3 is 2.42 bits per heavy atom. The van der Waals surface area contributed by atoms with Gasteiger partial charge in [-0.05, 0) is 48.2 Å². The Kier molecular flexibility index (Phi) is 7.87. The quantitative estimate of drug-likeness (QED) is 0.435. The molecule has 33 heavy (non-hydrogen) atoms. The molecule has 0 aliphatic rings. The summed E-state index contributed by atoms with van der Waals surface area (Å²) in [5.41, 5.74) is 1.29. The van der Waals surface area contributed by atoms with E-state index in [0.717, 1.165) is 5.56 Å². The predicted molar refractivity (Wildman–Crippen MR) is 117 cm³/mol. The highest BCUT2D eigenvalue weighted by molar-refractivity contribution is 5.91. The second-order valence-corrected chi connectivity index (χ2v) is 7.84. The normalized spacial score (nSPS) is 12.8. The lowest BCUT2D eigenvalue weighted by atomic mass is 10.0. The van der Waals surface area contributed by atoms with Gasteiger partial charge in [-0.2, -0.15) is 18.2 Å². The van der Waals surface area contributed by atoms with Crippen molar-refractivity contribution in [2.24, 2.45) is 5.92 Å². The number of carbonyl (C=O) groups excluding carboxylic acids is 1. The Labute approximate surface area is 189 Å². The molecule has 0 radical (unpaired) electrons. The molecule has 0 saturated heterocycles. The van der Waals surface area contributed by atoms with E-state index in [1.165, 1.54) is 6.08 Å². The number of nitrogens with one attached hydrogen (secondary N) is 1. The molecule has 0 aliphatic carbocycles. The number of halogens is 3. The number of hydrogen-bond acceptors (Lipinski definition) is 5. The van der Waals surface area contributed by atoms with Crippen molar-refractivity contribution in [2.75, 3.05) is 6.61 Å². The van der Waals surface area contributed by atoms with Gasteiger partial charge in [0.2, 0.25) is 11.7 Å². The molecule has 1 heterocycles. The first-order valence-corrected chi connectivity index (χ1v) is 10.4. The maximum Gasteiger partial charge on any atom is 0.471 e. The van der Waals surface area contributed by atoms with Crippen LogP contribution < -0.4 is 10.1 Å². The second-order valence-electron chi connectivity index (χ2n) is 7.84. The smallest absolute Gasteiger partial charge is 0.471 e. The highest BCUT2D eigenvalue weighted by atomic mass is 19.4. The Bertz CT molecular complexity index is 1060. The maximum atomic E-state index is 12.6. The number of amides is 1. The third-order valence-electron chi connectivity index (χ3n) is 4.56. The summed E-state index contributed by atoms with van der Waals surface area (Å²) in [6.45, 7) is 4.34. The average Bonchev–Trinajstić information content (AvgIpc) is 3.28. The molecule has 3 aromatic rings. The van der Waals surface area contributed by atoms with Crippen LogP contribution in [0.5, 0.6) is 5.75 Å². The van der Waals surface area contributed by atoms with Crippen molar-refractivity contribution in [3.05, 3.63) is 72.1 Å². The van der Waals surface area contributed by atoms with Crippen LogP contribution >= 0.6 is 0 Å². The van der Waals surface area contributed by atoms with Crippen LogP contribution in [0.3, 0.4) is 0 Å². The van der Waals surface area contributed by atoms with Gasteiger partial charge < -0.3 is 14.6 Å². The fourth-order valence-electron chi connectivity index (χ4n) is 3.08. The highest BCUT2D eigenvalue weighted by Crippen LogP contribution is 2.29. The molecule has 0 aliphatic heterocycles. The van der Waals surface area contributed by atoms with Crippen LogP contribution in [0.2, 0.25) is 0 Å². The molecule has 0 saturated carbocycles. The number of alkyl halides is 3. The zero-order valence-electron chi connectivity index (χ0n) is 18.2. The third-order valence-corrected chi connectivity index (χ3v) is 4.56. The van der Waals surface area contributed by atoms with E-state index in [4.69, 9.17) is 4.74 Å². The summed E-state index contributed by atoms with van der Waals surface area (Å²) in [6.07, 6.45) is -0.756. The zero-order valence-corrected chi connectivity index (χ0v) is 18.2. The number of aromatic nitrogens is 2. The van der Waals surface area contributed by atoms with Crippen LogP contribution in [0.15, 0.2) is 65.2 Å². The molecule has 1 amide bonds. The largest absolute Gasteiger partial charge is 0.491 e. The monoisotopic (exact) mass is 459 g/mol. The number of rotatable bonds is 9. The molecular weight excluding hydrogens is 435 g/mol. The predicted octanol–water partition coefficient (Wildman–Crippen LogP) is 5.38. The van der Waals surface area contributed by atoms with E-state index < -0.39 is 12.1 Å². The third kappa shape index (κ3) is 7.48. The van der Waals surface area contributed by atoms with E-state index in [0.29, 0.717) is 23.7 Å². The van der Waals surface area contributed by atoms with E-state index >= 15 is 0 Å². The van der Waals surface area contributed by atoms with Gasteiger partial charge in [0.05, 0.1) is 6.04 Å². The maximum absolute atomic E-state index is 12.6. The van der Waals surface area contributed by atoms with Crippen LogP contribution in [0, 0.1) is 5.92 Å². The molecule has 9 heteroatoms. The molecule has 6 nitrogen and oxygen atoms in total. The Morgan fingerprint density at radius 1 is 1.12 bits per heavy atom. The van der Waals surface area contributed by atoms with Gasteiger partial charge in [0, 0.05) is 11.6 Å². The van der Waals surface area contributed by atoms with Crippen molar-refractivity contribution in [3.8, 4) is 17.1 Å². The highest BCUT2D eigenvalue weighted by Gasteiger charge is 2.38. The van der Waals surface area contributed by atoms with E-state index in [1.54, 1.807) is 30.3 Å². The van der Waals surface area contributed by atoms with Gasteiger partial charge >= 0.3 is 12.1 Å². The first-order chi connectivity index (χ1) is 15.7. The Balaban J connectivity index is 1.58. The Hall–Kier alpha value is -3.62. The first kappa shape index (κ1) is 24.0. The summed E-state index contributed by atoms with van der Waals surface area (Å²) in [5.74, 6) is -0.946. The van der Waals surface area contributed by atoms with E-state index in [1.807, 2.05) is 44.2 Å². The summed E-state index contributed by atoms with van der Waals surface area (Å²) in [7, 11) is 0. The van der Waals surface area contributed by atoms with Gasteiger partial charge in [0.25, 0.3) is 0 Å². The van der Waals surface area contributed by atoms with E-state index in [9.17, 15) is 18.0 Å². The zero-order chi connectivity index (χ0) is 23.8. The fraction of sp³-hybridized carbons (Fsp3) is 0.292. The molecule has 0 unspecified atom stereocenters. The summed E-state index contributed by atoms with van der Waals surface area (Å²) in [6, 6.07) is 15.6. The van der Waals surface area contributed by atoms with Crippen LogP contribution in [0.4, 0.5) is 13.2 Å². The molecule has 0 bridgehead atoms. The van der Waals surface area contributed by atoms with E-state index in [-0.39, 0.29) is 24.4 Å². The number of nitrogens with zero attached hydrogens (tertiary/aromatic N) is 2. The van der Waals surface area contributed by atoms with E-state index in [2.05, 4.69) is 20.0 Å². The number of carbonyl (C=O) groups is 1. The lowest BCUT2D eigenvalue weighted by Gasteiger charge is -2.20. The molecule has 0 fully saturated rings. The molecular formula is C24H24F3N3O3. The van der Waals surface area contributed by atoms with Gasteiger partial charge in [-0.1, -0.05) is 49.3 Å². The number of ether oxygens (including phenoxy) is 1. The average molecular weight is 459 g/mol. The number of benzene rings is 2. The topological polar surface area (TPSA) is 77.2 Å². The fourth-order valence-corrected chi connectivity index (χ4v) is 3.08. The van der Waals surface area contributed by atoms with Crippen LogP contribution in [-0.4, -0.2) is 28.7 Å². The molecule has 3 rings (SSSR count). The second kappa shape index (κ2) is 10.8. The van der Waals surface area contributed by atoms with Crippen LogP contribution in [0.1, 0.15) is 31.7 Å². The lowest BCUT2D eigenvalue weighted by molar-refractivity contribution is -0.159. The minimum Gasteiger partial charge on any atom is -0.491 e. The van der Waals surface area contributed by atoms with Crippen molar-refractivity contribution < 1.29 is 27.2 Å². The number of hydrogen-bond donors (Lipinski definition) is 1. The SMILES string of the molecule is CC(C)C[C@H](COc1ccc(-c2noc(C(F)(F)F)n2)cc1)NC(=O)C=Cc1ccccc1.